The van der Waals surface area contributed by atoms with Crippen molar-refractivity contribution in [1.82, 2.24) is 14.7 Å². The Bertz CT molecular complexity index is 903. The van der Waals surface area contributed by atoms with E-state index in [1.54, 1.807) is 9.58 Å². The SMILES string of the molecule is CCCN(CC(=O)Nc1cc(C(C)(C)C)nn1-c1ccc(C)cc1)C(=O)C1CCCC1. The number of nitrogens with one attached hydrogen (secondary N) is 1. The van der Waals surface area contributed by atoms with Gasteiger partial charge in [-0.15, -0.1) is 0 Å². The molecule has 0 spiro atoms. The number of carbonyl (C=O) groups excluding carboxylic acids is 2. The summed E-state index contributed by atoms with van der Waals surface area (Å²) in [6, 6.07) is 9.99. The minimum absolute atomic E-state index is 0.0740. The van der Waals surface area contributed by atoms with Gasteiger partial charge in [-0.25, -0.2) is 4.68 Å². The van der Waals surface area contributed by atoms with Crippen molar-refractivity contribution in [3.8, 4) is 5.69 Å². The summed E-state index contributed by atoms with van der Waals surface area (Å²) in [6.45, 7) is 11.1. The molecule has 0 bridgehead atoms. The van der Waals surface area contributed by atoms with Crippen LogP contribution in [0.3, 0.4) is 0 Å². The van der Waals surface area contributed by atoms with Crippen molar-refractivity contribution >= 4 is 17.6 Å². The van der Waals surface area contributed by atoms with Crippen molar-refractivity contribution in [2.24, 2.45) is 5.92 Å². The number of carbonyl (C=O) groups is 2. The van der Waals surface area contributed by atoms with Crippen molar-refractivity contribution in [2.75, 3.05) is 18.4 Å². The predicted molar refractivity (Wildman–Crippen MR) is 124 cm³/mol. The van der Waals surface area contributed by atoms with E-state index in [9.17, 15) is 9.59 Å². The van der Waals surface area contributed by atoms with Crippen LogP contribution < -0.4 is 5.32 Å². The van der Waals surface area contributed by atoms with Gasteiger partial charge in [-0.3, -0.25) is 9.59 Å². The average molecular weight is 425 g/mol. The standard InChI is InChI=1S/C25H36N4O2/c1-6-15-28(24(31)19-9-7-8-10-19)17-23(30)26-22-16-21(25(3,4)5)27-29(22)20-13-11-18(2)12-14-20/h11-14,16,19H,6-10,15,17H2,1-5H3,(H,26,30). The van der Waals surface area contributed by atoms with Gasteiger partial charge in [0.15, 0.2) is 0 Å². The van der Waals surface area contributed by atoms with Gasteiger partial charge in [0.25, 0.3) is 0 Å². The lowest BCUT2D eigenvalue weighted by Crippen LogP contribution is -2.41. The van der Waals surface area contributed by atoms with Crippen LogP contribution in [0, 0.1) is 12.8 Å². The third kappa shape index (κ3) is 5.75. The normalized spacial score (nSPS) is 14.6. The highest BCUT2D eigenvalue weighted by Gasteiger charge is 2.28. The van der Waals surface area contributed by atoms with Gasteiger partial charge in [0.1, 0.15) is 5.82 Å². The van der Waals surface area contributed by atoms with Crippen molar-refractivity contribution < 1.29 is 9.59 Å². The first-order valence-corrected chi connectivity index (χ1v) is 11.4. The third-order valence-corrected chi connectivity index (χ3v) is 5.87. The molecular formula is C25H36N4O2. The van der Waals surface area contributed by atoms with E-state index in [1.807, 2.05) is 44.2 Å². The molecule has 6 heteroatoms. The summed E-state index contributed by atoms with van der Waals surface area (Å²) in [6.07, 6.45) is 4.93. The molecule has 1 aliphatic carbocycles. The molecule has 1 N–H and O–H groups in total. The number of rotatable bonds is 7. The molecule has 1 fully saturated rings. The maximum absolute atomic E-state index is 13.0. The summed E-state index contributed by atoms with van der Waals surface area (Å²) in [5.41, 5.74) is 2.81. The van der Waals surface area contributed by atoms with Crippen LogP contribution in [-0.4, -0.2) is 39.6 Å². The van der Waals surface area contributed by atoms with Crippen molar-refractivity contribution in [1.29, 1.82) is 0 Å². The Hall–Kier alpha value is -2.63. The number of anilines is 1. The van der Waals surface area contributed by atoms with E-state index in [0.717, 1.165) is 49.0 Å². The van der Waals surface area contributed by atoms with Crippen LogP contribution in [0.25, 0.3) is 5.69 Å². The minimum atomic E-state index is -0.187. The van der Waals surface area contributed by atoms with E-state index < -0.39 is 0 Å². The van der Waals surface area contributed by atoms with Gasteiger partial charge in [0, 0.05) is 23.9 Å². The molecule has 3 rings (SSSR count). The zero-order chi connectivity index (χ0) is 22.6. The van der Waals surface area contributed by atoms with Gasteiger partial charge in [-0.2, -0.15) is 5.10 Å². The van der Waals surface area contributed by atoms with Gasteiger partial charge >= 0.3 is 0 Å². The predicted octanol–water partition coefficient (Wildman–Crippen LogP) is 4.85. The monoisotopic (exact) mass is 424 g/mol. The smallest absolute Gasteiger partial charge is 0.245 e. The second-order valence-corrected chi connectivity index (χ2v) is 9.70. The van der Waals surface area contributed by atoms with Crippen LogP contribution in [0.4, 0.5) is 5.82 Å². The van der Waals surface area contributed by atoms with Crippen molar-refractivity contribution in [3.63, 3.8) is 0 Å². The first-order chi connectivity index (χ1) is 14.7. The molecule has 1 aromatic heterocycles. The van der Waals surface area contributed by atoms with E-state index >= 15 is 0 Å². The molecule has 2 aromatic rings. The van der Waals surface area contributed by atoms with E-state index in [0.29, 0.717) is 12.4 Å². The van der Waals surface area contributed by atoms with Crippen LogP contribution in [0.2, 0.25) is 0 Å². The lowest BCUT2D eigenvalue weighted by Gasteiger charge is -2.24. The fraction of sp³-hybridized carbons (Fsp3) is 0.560. The Labute approximate surface area is 186 Å². The first-order valence-electron chi connectivity index (χ1n) is 11.4. The zero-order valence-corrected chi connectivity index (χ0v) is 19.6. The Morgan fingerprint density at radius 2 is 1.81 bits per heavy atom. The fourth-order valence-electron chi connectivity index (χ4n) is 4.04. The molecule has 1 aromatic carbocycles. The molecule has 0 unspecified atom stereocenters. The van der Waals surface area contributed by atoms with Crippen LogP contribution in [0.1, 0.15) is 71.1 Å². The zero-order valence-electron chi connectivity index (χ0n) is 19.6. The fourth-order valence-corrected chi connectivity index (χ4v) is 4.04. The second kappa shape index (κ2) is 9.67. The van der Waals surface area contributed by atoms with E-state index in [2.05, 4.69) is 26.1 Å². The quantitative estimate of drug-likeness (QED) is 0.691. The van der Waals surface area contributed by atoms with Gasteiger partial charge < -0.3 is 10.2 Å². The Kier molecular flexibility index (Phi) is 7.19. The molecule has 168 valence electrons. The third-order valence-electron chi connectivity index (χ3n) is 5.87. The highest BCUT2D eigenvalue weighted by Crippen LogP contribution is 2.28. The highest BCUT2D eigenvalue weighted by atomic mass is 16.2. The number of aryl methyl sites for hydroxylation is 1. The highest BCUT2D eigenvalue weighted by molar-refractivity contribution is 5.94. The lowest BCUT2D eigenvalue weighted by molar-refractivity contribution is -0.138. The second-order valence-electron chi connectivity index (χ2n) is 9.70. The number of nitrogens with zero attached hydrogens (tertiary/aromatic N) is 3. The molecule has 0 radical (unpaired) electrons. The number of benzene rings is 1. The largest absolute Gasteiger partial charge is 0.333 e. The molecule has 0 aliphatic heterocycles. The number of aromatic nitrogens is 2. The van der Waals surface area contributed by atoms with Crippen LogP contribution in [-0.2, 0) is 15.0 Å². The minimum Gasteiger partial charge on any atom is -0.333 e. The number of hydrogen-bond donors (Lipinski definition) is 1. The molecule has 1 saturated carbocycles. The molecule has 1 aliphatic rings. The summed E-state index contributed by atoms with van der Waals surface area (Å²) >= 11 is 0. The lowest BCUT2D eigenvalue weighted by atomic mass is 9.92. The Morgan fingerprint density at radius 3 is 2.39 bits per heavy atom. The summed E-state index contributed by atoms with van der Waals surface area (Å²) in [4.78, 5) is 27.6. The summed E-state index contributed by atoms with van der Waals surface area (Å²) in [7, 11) is 0. The molecular weight excluding hydrogens is 388 g/mol. The van der Waals surface area contributed by atoms with Gasteiger partial charge in [0.2, 0.25) is 11.8 Å². The summed E-state index contributed by atoms with van der Waals surface area (Å²) in [5, 5.41) is 7.79. The van der Waals surface area contributed by atoms with E-state index in [1.165, 1.54) is 0 Å². The molecule has 0 atom stereocenters. The topological polar surface area (TPSA) is 67.2 Å². The molecule has 6 nitrogen and oxygen atoms in total. The van der Waals surface area contributed by atoms with E-state index in [4.69, 9.17) is 5.10 Å². The summed E-state index contributed by atoms with van der Waals surface area (Å²) in [5.74, 6) is 0.638. The summed E-state index contributed by atoms with van der Waals surface area (Å²) < 4.78 is 1.78. The van der Waals surface area contributed by atoms with Crippen LogP contribution >= 0.6 is 0 Å². The molecule has 0 saturated heterocycles. The Balaban J connectivity index is 1.81. The van der Waals surface area contributed by atoms with Gasteiger partial charge in [-0.1, -0.05) is 58.2 Å². The van der Waals surface area contributed by atoms with Crippen LogP contribution in [0.5, 0.6) is 0 Å². The van der Waals surface area contributed by atoms with E-state index in [-0.39, 0.29) is 29.7 Å². The first kappa shape index (κ1) is 23.0. The molecule has 31 heavy (non-hydrogen) atoms. The number of hydrogen-bond acceptors (Lipinski definition) is 3. The molecule has 2 amide bonds. The maximum Gasteiger partial charge on any atom is 0.245 e. The van der Waals surface area contributed by atoms with Crippen molar-refractivity contribution in [3.05, 3.63) is 41.6 Å². The Morgan fingerprint density at radius 1 is 1.16 bits per heavy atom. The van der Waals surface area contributed by atoms with Gasteiger partial charge in [0.05, 0.1) is 17.9 Å². The number of amides is 2. The van der Waals surface area contributed by atoms with Crippen molar-refractivity contribution in [2.45, 2.75) is 72.1 Å². The molecule has 1 heterocycles. The van der Waals surface area contributed by atoms with Gasteiger partial charge in [-0.05, 0) is 38.3 Å². The average Bonchev–Trinajstić information content (AvgIpc) is 3.38. The van der Waals surface area contributed by atoms with Crippen LogP contribution in [0.15, 0.2) is 30.3 Å². The maximum atomic E-state index is 13.0.